The first kappa shape index (κ1) is 26.4. The number of hydrogen-bond acceptors (Lipinski definition) is 4. The van der Waals surface area contributed by atoms with Gasteiger partial charge in [-0.1, -0.05) is 61.8 Å². The number of carbonyl (C=O) groups excluding carboxylic acids is 3. The average molecular weight is 484 g/mol. The molecule has 1 N–H and O–H groups in total. The molecule has 2 rings (SSSR count). The zero-order valence-corrected chi connectivity index (χ0v) is 19.0. The van der Waals surface area contributed by atoms with Gasteiger partial charge in [-0.15, -0.1) is 0 Å². The van der Waals surface area contributed by atoms with Gasteiger partial charge >= 0.3 is 6.18 Å². The van der Waals surface area contributed by atoms with Crippen LogP contribution in [0.5, 0.6) is 5.75 Å². The molecule has 0 aliphatic carbocycles. The van der Waals surface area contributed by atoms with Gasteiger partial charge in [-0.25, -0.2) is 0 Å². The van der Waals surface area contributed by atoms with Crippen molar-refractivity contribution in [2.75, 3.05) is 6.61 Å². The van der Waals surface area contributed by atoms with Crippen molar-refractivity contribution in [1.82, 2.24) is 5.32 Å². The molecule has 0 aliphatic heterocycles. The molecule has 0 spiro atoms. The van der Waals surface area contributed by atoms with E-state index in [0.29, 0.717) is 16.3 Å². The third-order valence-corrected chi connectivity index (χ3v) is 5.25. The fraction of sp³-hybridized carbons (Fsp3) is 0.375. The second kappa shape index (κ2) is 11.8. The number of ether oxygens (including phenoxy) is 1. The summed E-state index contributed by atoms with van der Waals surface area (Å²) >= 11 is 5.87. The molecule has 0 aliphatic rings. The van der Waals surface area contributed by atoms with Crippen LogP contribution in [0.1, 0.15) is 25.8 Å². The molecule has 5 nitrogen and oxygen atoms in total. The van der Waals surface area contributed by atoms with Crippen molar-refractivity contribution in [2.24, 2.45) is 11.8 Å². The first-order valence-corrected chi connectivity index (χ1v) is 10.7. The third kappa shape index (κ3) is 8.53. The summed E-state index contributed by atoms with van der Waals surface area (Å²) in [4.78, 5) is 37.2. The molecule has 178 valence electrons. The summed E-state index contributed by atoms with van der Waals surface area (Å²) in [7, 11) is 0. The predicted octanol–water partition coefficient (Wildman–Crippen LogP) is 4.81. The average Bonchev–Trinajstić information content (AvgIpc) is 2.75. The Kier molecular flexibility index (Phi) is 9.46. The van der Waals surface area contributed by atoms with Crippen molar-refractivity contribution in [3.8, 4) is 5.75 Å². The smallest absolute Gasteiger partial charge is 0.450 e. The van der Waals surface area contributed by atoms with E-state index in [0.717, 1.165) is 0 Å². The Labute approximate surface area is 195 Å². The summed E-state index contributed by atoms with van der Waals surface area (Å²) in [6.45, 7) is 2.48. The SMILES string of the molecule is CC(C)[C@H](CC(=O)[C@H](Cc1ccccc1)NC(=O)COc1cccc(Cl)c1)C(=O)C(F)(F)F. The highest BCUT2D eigenvalue weighted by atomic mass is 35.5. The van der Waals surface area contributed by atoms with Gasteiger partial charge in [0.2, 0.25) is 5.78 Å². The van der Waals surface area contributed by atoms with Crippen LogP contribution in [0.25, 0.3) is 0 Å². The Bertz CT molecular complexity index is 964. The van der Waals surface area contributed by atoms with Crippen LogP contribution in [-0.4, -0.2) is 36.3 Å². The van der Waals surface area contributed by atoms with Gasteiger partial charge in [-0.05, 0) is 36.1 Å². The molecule has 9 heteroatoms. The molecule has 0 bridgehead atoms. The standard InChI is InChI=1S/C24H25ClF3NO4/c1-15(2)19(23(32)24(26,27)28)13-21(30)20(11-16-7-4-3-5-8-16)29-22(31)14-33-18-10-6-9-17(25)12-18/h3-10,12,15,19-20H,11,13-14H2,1-2H3,(H,29,31)/t19-,20-/m0/s1. The number of amides is 1. The zero-order valence-electron chi connectivity index (χ0n) is 18.2. The highest BCUT2D eigenvalue weighted by Gasteiger charge is 2.45. The molecule has 33 heavy (non-hydrogen) atoms. The second-order valence-corrected chi connectivity index (χ2v) is 8.38. The summed E-state index contributed by atoms with van der Waals surface area (Å²) in [5, 5.41) is 2.95. The summed E-state index contributed by atoms with van der Waals surface area (Å²) < 4.78 is 44.4. The molecule has 0 aromatic heterocycles. The van der Waals surface area contributed by atoms with Gasteiger partial charge in [0.25, 0.3) is 5.91 Å². The maximum atomic E-state index is 13.0. The largest absolute Gasteiger partial charge is 0.484 e. The molecule has 0 unspecified atom stereocenters. The molecule has 2 aromatic rings. The fourth-order valence-electron chi connectivity index (χ4n) is 3.24. The van der Waals surface area contributed by atoms with Crippen LogP contribution < -0.4 is 10.1 Å². The summed E-state index contributed by atoms with van der Waals surface area (Å²) in [6.07, 6.45) is -5.62. The van der Waals surface area contributed by atoms with Crippen molar-refractivity contribution in [2.45, 2.75) is 38.9 Å². The molecule has 0 heterocycles. The highest BCUT2D eigenvalue weighted by molar-refractivity contribution is 6.30. The van der Waals surface area contributed by atoms with Crippen molar-refractivity contribution >= 4 is 29.1 Å². The van der Waals surface area contributed by atoms with E-state index < -0.39 is 54.6 Å². The lowest BCUT2D eigenvalue weighted by Crippen LogP contribution is -2.46. The lowest BCUT2D eigenvalue weighted by atomic mass is 9.84. The van der Waals surface area contributed by atoms with E-state index >= 15 is 0 Å². The quantitative estimate of drug-likeness (QED) is 0.498. The predicted molar refractivity (Wildman–Crippen MR) is 118 cm³/mol. The number of Topliss-reactive ketones (excluding diaryl/α,β-unsaturated/α-hetero) is 2. The van der Waals surface area contributed by atoms with Crippen LogP contribution in [0, 0.1) is 11.8 Å². The summed E-state index contributed by atoms with van der Waals surface area (Å²) in [5.74, 6) is -5.13. The van der Waals surface area contributed by atoms with Gasteiger partial charge in [0.1, 0.15) is 5.75 Å². The van der Waals surface area contributed by atoms with Crippen LogP contribution in [-0.2, 0) is 20.8 Å². The minimum atomic E-state index is -5.04. The number of ketones is 2. The van der Waals surface area contributed by atoms with Gasteiger partial charge in [-0.3, -0.25) is 14.4 Å². The molecular formula is C24H25ClF3NO4. The molecule has 2 atom stereocenters. The van der Waals surface area contributed by atoms with Crippen molar-refractivity contribution in [1.29, 1.82) is 0 Å². The van der Waals surface area contributed by atoms with E-state index in [2.05, 4.69) is 5.32 Å². The zero-order chi connectivity index (χ0) is 24.6. The van der Waals surface area contributed by atoms with Gasteiger partial charge in [-0.2, -0.15) is 13.2 Å². The fourth-order valence-corrected chi connectivity index (χ4v) is 3.42. The molecule has 0 saturated carbocycles. The van der Waals surface area contributed by atoms with Crippen molar-refractivity contribution < 1.29 is 32.3 Å². The number of halogens is 4. The molecule has 2 aromatic carbocycles. The van der Waals surface area contributed by atoms with Crippen LogP contribution in [0.3, 0.4) is 0 Å². The van der Waals surface area contributed by atoms with Crippen LogP contribution in [0.15, 0.2) is 54.6 Å². The van der Waals surface area contributed by atoms with Gasteiger partial charge in [0.15, 0.2) is 12.4 Å². The monoisotopic (exact) mass is 483 g/mol. The highest BCUT2D eigenvalue weighted by Crippen LogP contribution is 2.28. The Hall–Kier alpha value is -2.87. The number of rotatable bonds is 11. The van der Waals surface area contributed by atoms with E-state index in [1.807, 2.05) is 0 Å². The van der Waals surface area contributed by atoms with Crippen LogP contribution in [0.2, 0.25) is 5.02 Å². The Morgan fingerprint density at radius 2 is 1.70 bits per heavy atom. The maximum Gasteiger partial charge on any atom is 0.450 e. The van der Waals surface area contributed by atoms with E-state index in [9.17, 15) is 27.6 Å². The number of alkyl halides is 3. The van der Waals surface area contributed by atoms with E-state index in [-0.39, 0.29) is 6.42 Å². The maximum absolute atomic E-state index is 13.0. The van der Waals surface area contributed by atoms with E-state index in [1.165, 1.54) is 19.9 Å². The first-order chi connectivity index (χ1) is 15.5. The molecule has 0 radical (unpaired) electrons. The molecule has 1 amide bonds. The topological polar surface area (TPSA) is 72.5 Å². The third-order valence-electron chi connectivity index (χ3n) is 5.01. The van der Waals surface area contributed by atoms with Crippen molar-refractivity contribution in [3.63, 3.8) is 0 Å². The van der Waals surface area contributed by atoms with Crippen molar-refractivity contribution in [3.05, 3.63) is 65.2 Å². The number of nitrogens with one attached hydrogen (secondary N) is 1. The Morgan fingerprint density at radius 1 is 1.03 bits per heavy atom. The molecular weight excluding hydrogens is 459 g/mol. The van der Waals surface area contributed by atoms with E-state index in [1.54, 1.807) is 48.5 Å². The Balaban J connectivity index is 2.14. The van der Waals surface area contributed by atoms with Crippen LogP contribution >= 0.6 is 11.6 Å². The normalized spacial score (nSPS) is 13.3. The van der Waals surface area contributed by atoms with Gasteiger partial charge < -0.3 is 10.1 Å². The Morgan fingerprint density at radius 3 is 2.27 bits per heavy atom. The second-order valence-electron chi connectivity index (χ2n) is 7.94. The van der Waals surface area contributed by atoms with Gasteiger partial charge in [0, 0.05) is 17.4 Å². The molecule has 0 saturated heterocycles. The number of hydrogen-bond donors (Lipinski definition) is 1. The summed E-state index contributed by atoms with van der Waals surface area (Å²) in [5.41, 5.74) is 0.704. The number of benzene rings is 2. The lowest BCUT2D eigenvalue weighted by Gasteiger charge is -2.24. The van der Waals surface area contributed by atoms with E-state index in [4.69, 9.17) is 16.3 Å². The first-order valence-electron chi connectivity index (χ1n) is 10.3. The summed E-state index contributed by atoms with van der Waals surface area (Å²) in [6, 6.07) is 14.0. The van der Waals surface area contributed by atoms with Gasteiger partial charge in [0.05, 0.1) is 6.04 Å². The minimum Gasteiger partial charge on any atom is -0.484 e. The lowest BCUT2D eigenvalue weighted by molar-refractivity contribution is -0.177. The van der Waals surface area contributed by atoms with Crippen LogP contribution in [0.4, 0.5) is 13.2 Å². The molecule has 0 fully saturated rings. The minimum absolute atomic E-state index is 0.0631. The number of carbonyl (C=O) groups is 3.